The predicted molar refractivity (Wildman–Crippen MR) is 59.9 cm³/mol. The maximum atomic E-state index is 10.7. The third-order valence-corrected chi connectivity index (χ3v) is 2.58. The van der Waals surface area contributed by atoms with Crippen LogP contribution in [0.3, 0.4) is 0 Å². The van der Waals surface area contributed by atoms with Crippen LogP contribution in [0.4, 0.5) is 0 Å². The van der Waals surface area contributed by atoms with Gasteiger partial charge in [-0.3, -0.25) is 4.79 Å². The first-order chi connectivity index (χ1) is 7.45. The van der Waals surface area contributed by atoms with Crippen molar-refractivity contribution in [3.05, 3.63) is 23.3 Å². The molecule has 88 valence electrons. The molecule has 0 amide bonds. The molecule has 0 saturated carbocycles. The lowest BCUT2D eigenvalue weighted by molar-refractivity contribution is -0.141. The molecule has 0 heterocycles. The van der Waals surface area contributed by atoms with E-state index in [2.05, 4.69) is 0 Å². The van der Waals surface area contributed by atoms with Gasteiger partial charge in [-0.25, -0.2) is 0 Å². The zero-order valence-corrected chi connectivity index (χ0v) is 9.65. The van der Waals surface area contributed by atoms with Crippen LogP contribution in [0.2, 0.25) is 0 Å². The van der Waals surface area contributed by atoms with E-state index in [1.807, 2.05) is 0 Å². The summed E-state index contributed by atoms with van der Waals surface area (Å²) in [6, 6.07) is 3.34. The molecule has 0 saturated heterocycles. The Balaban J connectivity index is 2.98. The molecule has 0 radical (unpaired) electrons. The summed E-state index contributed by atoms with van der Waals surface area (Å²) in [5.74, 6) is -0.620. The summed E-state index contributed by atoms with van der Waals surface area (Å²) in [6.45, 7) is 3.38. The van der Waals surface area contributed by atoms with E-state index < -0.39 is 11.9 Å². The molecule has 1 unspecified atom stereocenters. The molecule has 16 heavy (non-hydrogen) atoms. The Morgan fingerprint density at radius 1 is 1.50 bits per heavy atom. The number of carbonyl (C=O) groups is 1. The monoisotopic (exact) mass is 224 g/mol. The molecule has 0 aliphatic heterocycles. The van der Waals surface area contributed by atoms with Crippen molar-refractivity contribution >= 4 is 5.97 Å². The number of phenolic OH excluding ortho intramolecular Hbond substituents is 1. The van der Waals surface area contributed by atoms with Crippen molar-refractivity contribution in [2.75, 3.05) is 7.11 Å². The standard InChI is InChI=1S/C12H16O4/c1-7(12(14)15)4-9-5-10(13)8(2)11(6-9)16-3/h5-7,13H,4H2,1-3H3,(H,14,15). The second-order valence-corrected chi connectivity index (χ2v) is 3.89. The quantitative estimate of drug-likeness (QED) is 0.820. The summed E-state index contributed by atoms with van der Waals surface area (Å²) in [5.41, 5.74) is 1.42. The van der Waals surface area contributed by atoms with E-state index in [1.165, 1.54) is 7.11 Å². The molecular formula is C12H16O4. The largest absolute Gasteiger partial charge is 0.508 e. The highest BCUT2D eigenvalue weighted by Crippen LogP contribution is 2.29. The molecule has 0 aromatic heterocycles. The second kappa shape index (κ2) is 4.88. The average molecular weight is 224 g/mol. The Bertz CT molecular complexity index is 398. The number of benzene rings is 1. The van der Waals surface area contributed by atoms with Gasteiger partial charge in [-0.1, -0.05) is 6.92 Å². The zero-order valence-electron chi connectivity index (χ0n) is 9.65. The van der Waals surface area contributed by atoms with Gasteiger partial charge in [-0.2, -0.15) is 0 Å². The molecule has 0 fully saturated rings. The first-order valence-electron chi connectivity index (χ1n) is 5.05. The first-order valence-corrected chi connectivity index (χ1v) is 5.05. The number of methoxy groups -OCH3 is 1. The lowest BCUT2D eigenvalue weighted by Gasteiger charge is -2.11. The van der Waals surface area contributed by atoms with Crippen LogP contribution in [-0.2, 0) is 11.2 Å². The van der Waals surface area contributed by atoms with Crippen LogP contribution in [0, 0.1) is 12.8 Å². The molecule has 1 rings (SSSR count). The normalized spacial score (nSPS) is 12.2. The Kier molecular flexibility index (Phi) is 3.77. The van der Waals surface area contributed by atoms with Crippen LogP contribution < -0.4 is 4.74 Å². The molecule has 0 spiro atoms. The minimum absolute atomic E-state index is 0.131. The molecule has 1 aromatic carbocycles. The fourth-order valence-corrected chi connectivity index (χ4v) is 1.50. The number of hydrogen-bond donors (Lipinski definition) is 2. The molecule has 0 bridgehead atoms. The van der Waals surface area contributed by atoms with Crippen LogP contribution in [0.5, 0.6) is 11.5 Å². The van der Waals surface area contributed by atoms with E-state index in [4.69, 9.17) is 9.84 Å². The zero-order chi connectivity index (χ0) is 12.3. The lowest BCUT2D eigenvalue weighted by Crippen LogP contribution is -2.12. The Morgan fingerprint density at radius 2 is 2.12 bits per heavy atom. The van der Waals surface area contributed by atoms with Crippen molar-refractivity contribution in [1.29, 1.82) is 0 Å². The van der Waals surface area contributed by atoms with Gasteiger partial charge in [0, 0.05) is 5.56 Å². The first kappa shape index (κ1) is 12.4. The van der Waals surface area contributed by atoms with E-state index >= 15 is 0 Å². The van der Waals surface area contributed by atoms with Gasteiger partial charge in [-0.05, 0) is 31.0 Å². The number of aliphatic carboxylic acids is 1. The van der Waals surface area contributed by atoms with Crippen LogP contribution in [-0.4, -0.2) is 23.3 Å². The topological polar surface area (TPSA) is 66.8 Å². The Labute approximate surface area is 94.5 Å². The van der Waals surface area contributed by atoms with Crippen LogP contribution in [0.1, 0.15) is 18.1 Å². The summed E-state index contributed by atoms with van der Waals surface area (Å²) >= 11 is 0. The van der Waals surface area contributed by atoms with Gasteiger partial charge >= 0.3 is 5.97 Å². The fraction of sp³-hybridized carbons (Fsp3) is 0.417. The number of carboxylic acid groups (broad SMARTS) is 1. The van der Waals surface area contributed by atoms with Crippen molar-refractivity contribution in [3.8, 4) is 11.5 Å². The predicted octanol–water partition coefficient (Wildman–Crippen LogP) is 1.97. The number of ether oxygens (including phenoxy) is 1. The van der Waals surface area contributed by atoms with Crippen molar-refractivity contribution in [1.82, 2.24) is 0 Å². The molecule has 4 nitrogen and oxygen atoms in total. The molecule has 0 aliphatic rings. The SMILES string of the molecule is COc1cc(CC(C)C(=O)O)cc(O)c1C. The van der Waals surface area contributed by atoms with E-state index in [0.29, 0.717) is 17.7 Å². The smallest absolute Gasteiger partial charge is 0.306 e. The van der Waals surface area contributed by atoms with Crippen LogP contribution >= 0.6 is 0 Å². The average Bonchev–Trinajstić information content (AvgIpc) is 2.22. The number of hydrogen-bond acceptors (Lipinski definition) is 3. The second-order valence-electron chi connectivity index (χ2n) is 3.89. The van der Waals surface area contributed by atoms with Gasteiger partial charge in [0.2, 0.25) is 0 Å². The van der Waals surface area contributed by atoms with Crippen molar-refractivity contribution in [2.24, 2.45) is 5.92 Å². The molecule has 0 aliphatic carbocycles. The third-order valence-electron chi connectivity index (χ3n) is 2.58. The third kappa shape index (κ3) is 2.66. The maximum absolute atomic E-state index is 10.7. The fourth-order valence-electron chi connectivity index (χ4n) is 1.50. The van der Waals surface area contributed by atoms with Gasteiger partial charge in [0.25, 0.3) is 0 Å². The van der Waals surface area contributed by atoms with Crippen molar-refractivity contribution in [2.45, 2.75) is 20.3 Å². The Morgan fingerprint density at radius 3 is 2.62 bits per heavy atom. The lowest BCUT2D eigenvalue weighted by atomic mass is 9.99. The molecule has 4 heteroatoms. The van der Waals surface area contributed by atoms with Gasteiger partial charge < -0.3 is 14.9 Å². The van der Waals surface area contributed by atoms with E-state index in [9.17, 15) is 9.90 Å². The number of carboxylic acids is 1. The Hall–Kier alpha value is -1.71. The minimum atomic E-state index is -0.848. The van der Waals surface area contributed by atoms with Crippen LogP contribution in [0.25, 0.3) is 0 Å². The van der Waals surface area contributed by atoms with E-state index in [0.717, 1.165) is 5.56 Å². The van der Waals surface area contributed by atoms with Gasteiger partial charge in [-0.15, -0.1) is 0 Å². The summed E-state index contributed by atoms with van der Waals surface area (Å²) in [4.78, 5) is 10.7. The summed E-state index contributed by atoms with van der Waals surface area (Å²) < 4.78 is 5.10. The highest BCUT2D eigenvalue weighted by atomic mass is 16.5. The van der Waals surface area contributed by atoms with Gasteiger partial charge in [0.15, 0.2) is 0 Å². The molecule has 1 aromatic rings. The summed E-state index contributed by atoms with van der Waals surface area (Å²) in [7, 11) is 1.52. The van der Waals surface area contributed by atoms with Crippen LogP contribution in [0.15, 0.2) is 12.1 Å². The molecular weight excluding hydrogens is 208 g/mol. The van der Waals surface area contributed by atoms with Gasteiger partial charge in [0.1, 0.15) is 11.5 Å². The summed E-state index contributed by atoms with van der Waals surface area (Å²) in [6.07, 6.45) is 0.375. The molecule has 1 atom stereocenters. The number of rotatable bonds is 4. The van der Waals surface area contributed by atoms with Crippen molar-refractivity contribution in [3.63, 3.8) is 0 Å². The highest BCUT2D eigenvalue weighted by molar-refractivity contribution is 5.70. The van der Waals surface area contributed by atoms with Gasteiger partial charge in [0.05, 0.1) is 13.0 Å². The number of aromatic hydroxyl groups is 1. The molecule has 2 N–H and O–H groups in total. The minimum Gasteiger partial charge on any atom is -0.508 e. The number of phenols is 1. The summed E-state index contributed by atoms with van der Waals surface area (Å²) in [5, 5.41) is 18.4. The maximum Gasteiger partial charge on any atom is 0.306 e. The van der Waals surface area contributed by atoms with E-state index in [-0.39, 0.29) is 5.75 Å². The van der Waals surface area contributed by atoms with Crippen molar-refractivity contribution < 1.29 is 19.7 Å². The highest BCUT2D eigenvalue weighted by Gasteiger charge is 2.14. The van der Waals surface area contributed by atoms with E-state index in [1.54, 1.807) is 26.0 Å².